The Labute approximate surface area is 839 Å². The molecule has 0 aromatic heterocycles. The lowest BCUT2D eigenvalue weighted by Crippen LogP contribution is -2.41. The highest BCUT2D eigenvalue weighted by Crippen LogP contribution is 2.55. The number of esters is 4. The first-order valence-electron chi connectivity index (χ1n) is 49.6. The number of halogens is 4. The molecule has 7 fully saturated rings. The van der Waals surface area contributed by atoms with E-state index in [0.29, 0.717) is 102 Å². The summed E-state index contributed by atoms with van der Waals surface area (Å²) in [7, 11) is 17.0. The van der Waals surface area contributed by atoms with Crippen LogP contribution in [0.15, 0.2) is 206 Å². The van der Waals surface area contributed by atoms with Gasteiger partial charge < -0.3 is 52.8 Å². The fraction of sp³-hybridized carbons (Fsp3) is 0.462. The van der Waals surface area contributed by atoms with Gasteiger partial charge in [0, 0.05) is 40.7 Å². The van der Waals surface area contributed by atoms with Crippen molar-refractivity contribution in [2.75, 3.05) is 90.5 Å². The maximum absolute atomic E-state index is 15.2. The van der Waals surface area contributed by atoms with Crippen LogP contribution in [-0.2, 0) is 57.2 Å². The molecule has 10 aromatic carbocycles. The van der Waals surface area contributed by atoms with Crippen molar-refractivity contribution in [2.45, 2.75) is 225 Å². The third-order valence-corrected chi connectivity index (χ3v) is 29.8. The van der Waals surface area contributed by atoms with Crippen LogP contribution in [0.25, 0.3) is 33.4 Å². The monoisotopic (exact) mass is 1950 g/mol. The molecule has 2 N–H and O–H groups in total. The van der Waals surface area contributed by atoms with Gasteiger partial charge in [0.15, 0.2) is 0 Å². The fourth-order valence-electron chi connectivity index (χ4n) is 21.7. The molecule has 3 unspecified atom stereocenters. The van der Waals surface area contributed by atoms with Crippen LogP contribution in [0.1, 0.15) is 262 Å². The first-order valence-corrected chi connectivity index (χ1v) is 50.1. The van der Waals surface area contributed by atoms with Gasteiger partial charge in [-0.25, -0.2) is 13.2 Å². The Morgan fingerprint density at radius 3 is 0.872 bits per heavy atom. The van der Waals surface area contributed by atoms with Crippen LogP contribution in [0.2, 0.25) is 0 Å². The van der Waals surface area contributed by atoms with Gasteiger partial charge in [-0.2, -0.15) is 0 Å². The van der Waals surface area contributed by atoms with Crippen molar-refractivity contribution in [1.82, 2.24) is 14.7 Å². The van der Waals surface area contributed by atoms with Crippen LogP contribution >= 0.6 is 11.6 Å². The standard InChI is InChI=1S/2C35H42FNO4.C22H27ClFNO.2C13H16O3.CH4/c2*1-35(2)16-7-17-37(3)34(35)31-18-23(10-14-28(31)30-20-26(39-4)13-15-32(30)36)22-41-27-9-6-8-25(19-27)29(24-11-12-24)21-33(38)40-5;1-22(2)10-5-11-25(3)21(22)19-12-15(14-23)6-8-17(19)18-13-16(26-4)7-9-20(18)24;2*1-16-13(15)8-12(9-5-6-9)10-3-2-4-11(14)7-10;/h2*6,8-10,13-15,18-20,24,29,34H,7,11-12,16-17,21-22H2,1-5H3;6-9,12-13,21H,5,10-11,14H2,1-4H3;2*2-4,7,9,12,14H,5-6,8H2,1H3;1H4/t2*29-,34?;;2*12-;/m10.10./s1. The van der Waals surface area contributed by atoms with Gasteiger partial charge in [0.25, 0.3) is 0 Å². The predicted molar refractivity (Wildman–Crippen MR) is 553 cm³/mol. The number of ether oxygens (including phenoxy) is 9. The van der Waals surface area contributed by atoms with E-state index in [1.165, 1.54) is 53.1 Å². The summed E-state index contributed by atoms with van der Waals surface area (Å²) in [6.45, 7) is 17.6. The normalized spacial score (nSPS) is 18.8. The summed E-state index contributed by atoms with van der Waals surface area (Å²) < 4.78 is 93.4. The van der Waals surface area contributed by atoms with Gasteiger partial charge in [-0.15, -0.1) is 11.6 Å². The number of hydrogen-bond donors (Lipinski definition) is 2. The third-order valence-electron chi connectivity index (χ3n) is 29.5. The smallest absolute Gasteiger partial charge is 0.306 e. The number of rotatable bonds is 32. The summed E-state index contributed by atoms with van der Waals surface area (Å²) in [5.41, 5.74) is 15.3. The van der Waals surface area contributed by atoms with E-state index in [2.05, 4.69) is 120 Å². The molecule has 0 spiro atoms. The molecular weight excluding hydrogens is 1800 g/mol. The molecule has 7 atom stereocenters. The maximum Gasteiger partial charge on any atom is 0.306 e. The maximum atomic E-state index is 15.2. The molecule has 3 heterocycles. The first kappa shape index (κ1) is 108. The molecule has 3 saturated heterocycles. The molecule has 17 rings (SSSR count). The highest BCUT2D eigenvalue weighted by atomic mass is 35.5. The first-order chi connectivity index (χ1) is 67.2. The summed E-state index contributed by atoms with van der Waals surface area (Å²) in [5, 5.41) is 18.9. The van der Waals surface area contributed by atoms with Crippen LogP contribution in [-0.4, -0.2) is 139 Å². The van der Waals surface area contributed by atoms with Crippen molar-refractivity contribution in [3.8, 4) is 73.6 Å². The molecule has 22 heteroatoms. The van der Waals surface area contributed by atoms with Crippen molar-refractivity contribution in [2.24, 2.45) is 39.9 Å². The van der Waals surface area contributed by atoms with Gasteiger partial charge >= 0.3 is 23.9 Å². The number of piperidine rings is 3. The molecule has 0 radical (unpaired) electrons. The quantitative estimate of drug-likeness (QED) is 0.0229. The summed E-state index contributed by atoms with van der Waals surface area (Å²) in [5.74, 6) is 5.84. The number of alkyl halides is 1. The van der Waals surface area contributed by atoms with Crippen molar-refractivity contribution in [3.05, 3.63) is 279 Å². The number of nitrogens with zero attached hydrogens (tertiary/aromatic N) is 3. The predicted octanol–water partition coefficient (Wildman–Crippen LogP) is 27.4. The molecule has 141 heavy (non-hydrogen) atoms. The van der Waals surface area contributed by atoms with Gasteiger partial charge in [-0.3, -0.25) is 33.9 Å². The van der Waals surface area contributed by atoms with Crippen LogP contribution in [0.5, 0.6) is 40.2 Å². The summed E-state index contributed by atoms with van der Waals surface area (Å²) >= 11 is 6.11. The van der Waals surface area contributed by atoms with Crippen LogP contribution in [0.3, 0.4) is 0 Å². The average molecular weight is 1950 g/mol. The Hall–Kier alpha value is -11.4. The largest absolute Gasteiger partial charge is 0.508 e. The number of hydrogen-bond acceptors (Lipinski definition) is 18. The molecule has 756 valence electrons. The van der Waals surface area contributed by atoms with Crippen molar-refractivity contribution >= 4 is 35.5 Å². The third kappa shape index (κ3) is 28.8. The van der Waals surface area contributed by atoms with Gasteiger partial charge in [-0.1, -0.05) is 152 Å². The number of methoxy groups -OCH3 is 7. The minimum absolute atomic E-state index is 0. The number of likely N-dealkylation sites (tertiary alicyclic amines) is 3. The van der Waals surface area contributed by atoms with E-state index in [-0.39, 0.29) is 118 Å². The molecule has 3 aliphatic heterocycles. The second-order valence-corrected chi connectivity index (χ2v) is 41.4. The molecule has 10 aromatic rings. The molecule has 18 nitrogen and oxygen atoms in total. The van der Waals surface area contributed by atoms with Crippen LogP contribution in [0.4, 0.5) is 13.2 Å². The summed E-state index contributed by atoms with van der Waals surface area (Å²) in [6.07, 6.45) is 17.6. The van der Waals surface area contributed by atoms with E-state index in [1.54, 1.807) is 82.0 Å². The Kier molecular flexibility index (Phi) is 38.1. The average Bonchev–Trinajstić information content (AvgIpc) is 1.26. The van der Waals surface area contributed by atoms with E-state index in [1.807, 2.05) is 84.9 Å². The highest BCUT2D eigenvalue weighted by molar-refractivity contribution is 6.17. The molecular formula is C119H147ClF3N3O15. The van der Waals surface area contributed by atoms with Crippen molar-refractivity contribution in [1.29, 1.82) is 0 Å². The van der Waals surface area contributed by atoms with Crippen molar-refractivity contribution < 1.29 is 85.2 Å². The van der Waals surface area contributed by atoms with E-state index in [9.17, 15) is 33.8 Å². The Bertz CT molecular complexity index is 5580. The minimum Gasteiger partial charge on any atom is -0.508 e. The van der Waals surface area contributed by atoms with E-state index in [0.717, 1.165) is 187 Å². The lowest BCUT2D eigenvalue weighted by molar-refractivity contribution is -0.142. The number of aromatic hydroxyl groups is 2. The lowest BCUT2D eigenvalue weighted by Gasteiger charge is -2.46. The molecule has 4 saturated carbocycles. The van der Waals surface area contributed by atoms with Gasteiger partial charge in [-0.05, 0) is 370 Å². The number of phenols is 2. The second-order valence-electron chi connectivity index (χ2n) is 41.2. The SMILES string of the molecule is C.COC(=O)C[C@@H](c1cccc(O)c1)C1CC1.COC(=O)C[C@@H](c1cccc(OCc2ccc(-c3cc(OC)ccc3F)c(C3N(C)CCCC3(C)C)c2)c1)C1CC1.COC(=O)C[C@H](c1cccc(O)c1)C1CC1.COC(=O)C[C@H](c1cccc(OCc2ccc(-c3cc(OC)ccc3F)c(C3N(C)CCCC3(C)C)c2)c1)C1CC1.COc1ccc(F)c(-c2ccc(CCl)cc2C2N(C)CCCC2(C)C)c1. The Balaban J connectivity index is 0.000000166. The van der Waals surface area contributed by atoms with E-state index >= 15 is 8.78 Å². The number of benzene rings is 10. The fourth-order valence-corrected chi connectivity index (χ4v) is 21.9. The number of phenolic OH excluding ortho intramolecular Hbond substituents is 2. The highest BCUT2D eigenvalue weighted by Gasteiger charge is 2.44. The topological polar surface area (TPSA) is 202 Å². The zero-order valence-corrected chi connectivity index (χ0v) is 85.3. The van der Waals surface area contributed by atoms with Crippen LogP contribution in [0, 0.1) is 57.4 Å². The molecule has 4 aliphatic carbocycles. The van der Waals surface area contributed by atoms with Gasteiger partial charge in [0.2, 0.25) is 0 Å². The van der Waals surface area contributed by atoms with Gasteiger partial charge in [0.05, 0.1) is 75.5 Å². The number of carbonyl (C=O) groups is 4. The molecule has 0 bridgehead atoms. The lowest BCUT2D eigenvalue weighted by atomic mass is 9.72. The second kappa shape index (κ2) is 49.6. The zero-order valence-electron chi connectivity index (χ0n) is 84.5. The Morgan fingerprint density at radius 2 is 0.617 bits per heavy atom. The summed E-state index contributed by atoms with van der Waals surface area (Å²) in [4.78, 5) is 53.9. The minimum atomic E-state index is -0.263. The summed E-state index contributed by atoms with van der Waals surface area (Å²) in [6, 6.07) is 64.4. The Morgan fingerprint density at radius 1 is 0.348 bits per heavy atom. The van der Waals surface area contributed by atoms with Crippen LogP contribution < -0.4 is 23.7 Å². The van der Waals surface area contributed by atoms with Crippen molar-refractivity contribution in [3.63, 3.8) is 0 Å². The zero-order chi connectivity index (χ0) is 100. The van der Waals surface area contributed by atoms with Gasteiger partial charge in [0.1, 0.15) is 70.9 Å². The van der Waals surface area contributed by atoms with E-state index < -0.39 is 0 Å². The van der Waals surface area contributed by atoms with E-state index in [4.69, 9.17) is 54.2 Å². The molecule has 7 aliphatic rings. The molecule has 0 amide bonds. The number of carbonyl (C=O) groups excluding carboxylic acids is 4.